The van der Waals surface area contributed by atoms with Gasteiger partial charge in [-0.2, -0.15) is 0 Å². The van der Waals surface area contributed by atoms with Crippen LogP contribution in [0.4, 0.5) is 10.3 Å². The first kappa shape index (κ1) is 15.9. The Balaban J connectivity index is 1.67. The molecule has 0 saturated carbocycles. The molecule has 0 aliphatic heterocycles. The maximum Gasteiger partial charge on any atom is 0.271 e. The van der Waals surface area contributed by atoms with Gasteiger partial charge in [0.25, 0.3) is 5.91 Å². The number of halogens is 1. The molecule has 0 aliphatic carbocycles. The number of amides is 1. The normalized spacial score (nSPS) is 11.0. The van der Waals surface area contributed by atoms with Crippen molar-refractivity contribution in [2.45, 2.75) is 6.54 Å². The van der Waals surface area contributed by atoms with Gasteiger partial charge in [0.15, 0.2) is 0 Å². The highest BCUT2D eigenvalue weighted by atomic mass is 19.1. The van der Waals surface area contributed by atoms with E-state index in [9.17, 15) is 9.18 Å². The van der Waals surface area contributed by atoms with E-state index < -0.39 is 11.7 Å². The Labute approximate surface area is 147 Å². The molecule has 0 spiro atoms. The molecule has 3 N–H and O–H groups in total. The Kier molecular flexibility index (Phi) is 3.89. The van der Waals surface area contributed by atoms with Crippen molar-refractivity contribution in [3.8, 4) is 0 Å². The standard InChI is InChI=1S/C19H14FN5O/c20-15-7-3-6-14-16(15)24-19(21)25-17(14)18(26)23-10-12-9-22-8-11-4-1-2-5-13(11)12/h1-9H,10H2,(H,23,26)(H2,21,24,25). The molecule has 4 aromatic rings. The third-order valence-electron chi connectivity index (χ3n) is 4.10. The lowest BCUT2D eigenvalue weighted by atomic mass is 10.1. The maximum atomic E-state index is 13.9. The van der Waals surface area contributed by atoms with Crippen molar-refractivity contribution in [3.63, 3.8) is 0 Å². The van der Waals surface area contributed by atoms with E-state index in [0.717, 1.165) is 16.3 Å². The number of fused-ring (bicyclic) bond motifs is 2. The largest absolute Gasteiger partial charge is 0.368 e. The first-order valence-electron chi connectivity index (χ1n) is 7.95. The molecule has 7 heteroatoms. The van der Waals surface area contributed by atoms with Gasteiger partial charge in [0.1, 0.15) is 17.0 Å². The summed E-state index contributed by atoms with van der Waals surface area (Å²) in [6.45, 7) is 0.258. The zero-order valence-corrected chi connectivity index (χ0v) is 13.6. The molecule has 0 unspecified atom stereocenters. The van der Waals surface area contributed by atoms with Crippen molar-refractivity contribution < 1.29 is 9.18 Å². The first-order chi connectivity index (χ1) is 12.6. The Bertz CT molecular complexity index is 1140. The summed E-state index contributed by atoms with van der Waals surface area (Å²) < 4.78 is 13.9. The fraction of sp³-hybridized carbons (Fsp3) is 0.0526. The molecule has 26 heavy (non-hydrogen) atoms. The Morgan fingerprint density at radius 1 is 1.04 bits per heavy atom. The highest BCUT2D eigenvalue weighted by molar-refractivity contribution is 6.04. The van der Waals surface area contributed by atoms with E-state index in [-0.39, 0.29) is 23.7 Å². The molecule has 2 aromatic heterocycles. The number of carbonyl (C=O) groups excluding carboxylic acids is 1. The minimum Gasteiger partial charge on any atom is -0.368 e. The van der Waals surface area contributed by atoms with Crippen LogP contribution in [0.3, 0.4) is 0 Å². The molecule has 2 aromatic carbocycles. The summed E-state index contributed by atoms with van der Waals surface area (Å²) in [6.07, 6.45) is 3.47. The quantitative estimate of drug-likeness (QED) is 0.594. The second-order valence-electron chi connectivity index (χ2n) is 5.77. The third-order valence-corrected chi connectivity index (χ3v) is 4.10. The number of aromatic nitrogens is 3. The number of anilines is 1. The summed E-state index contributed by atoms with van der Waals surface area (Å²) in [6, 6.07) is 12.1. The zero-order valence-electron chi connectivity index (χ0n) is 13.6. The first-order valence-corrected chi connectivity index (χ1v) is 7.95. The number of nitrogen functional groups attached to an aromatic ring is 1. The predicted octanol–water partition coefficient (Wildman–Crippen LogP) is 2.83. The Morgan fingerprint density at radius 3 is 2.73 bits per heavy atom. The molecular formula is C19H14FN5O. The number of nitrogens with two attached hydrogens (primary N) is 1. The highest BCUT2D eigenvalue weighted by Gasteiger charge is 2.16. The second-order valence-corrected chi connectivity index (χ2v) is 5.77. The molecule has 0 fully saturated rings. The molecule has 128 valence electrons. The second kappa shape index (κ2) is 6.36. The molecule has 0 saturated heterocycles. The molecule has 0 radical (unpaired) electrons. The maximum absolute atomic E-state index is 13.9. The van der Waals surface area contributed by atoms with Gasteiger partial charge in [-0.3, -0.25) is 9.78 Å². The molecular weight excluding hydrogens is 333 g/mol. The minimum absolute atomic E-state index is 0.0250. The smallest absolute Gasteiger partial charge is 0.271 e. The van der Waals surface area contributed by atoms with Gasteiger partial charge in [0.2, 0.25) is 5.95 Å². The number of carbonyl (C=O) groups is 1. The van der Waals surface area contributed by atoms with Crippen LogP contribution in [0.15, 0.2) is 54.9 Å². The fourth-order valence-electron chi connectivity index (χ4n) is 2.89. The molecule has 4 rings (SSSR count). The van der Waals surface area contributed by atoms with E-state index in [1.807, 2.05) is 24.3 Å². The van der Waals surface area contributed by atoms with Gasteiger partial charge in [-0.25, -0.2) is 14.4 Å². The number of nitrogens with one attached hydrogen (secondary N) is 1. The number of nitrogens with zero attached hydrogens (tertiary/aromatic N) is 3. The van der Waals surface area contributed by atoms with Gasteiger partial charge >= 0.3 is 0 Å². The van der Waals surface area contributed by atoms with Crippen LogP contribution in [0, 0.1) is 5.82 Å². The number of pyridine rings is 1. The van der Waals surface area contributed by atoms with Crippen molar-refractivity contribution in [2.75, 3.05) is 5.73 Å². The van der Waals surface area contributed by atoms with Gasteiger partial charge in [-0.05, 0) is 17.0 Å². The van der Waals surface area contributed by atoms with Crippen LogP contribution >= 0.6 is 0 Å². The number of benzene rings is 2. The summed E-state index contributed by atoms with van der Waals surface area (Å²) in [5.41, 5.74) is 6.57. The van der Waals surface area contributed by atoms with Gasteiger partial charge in [0, 0.05) is 29.7 Å². The Morgan fingerprint density at radius 2 is 1.85 bits per heavy atom. The SMILES string of the molecule is Nc1nc(C(=O)NCc2cncc3ccccc23)c2cccc(F)c2n1. The number of hydrogen-bond acceptors (Lipinski definition) is 5. The summed E-state index contributed by atoms with van der Waals surface area (Å²) >= 11 is 0. The van der Waals surface area contributed by atoms with E-state index >= 15 is 0 Å². The molecule has 6 nitrogen and oxygen atoms in total. The van der Waals surface area contributed by atoms with Crippen LogP contribution < -0.4 is 11.1 Å². The van der Waals surface area contributed by atoms with E-state index in [1.54, 1.807) is 18.5 Å². The molecule has 0 atom stereocenters. The van der Waals surface area contributed by atoms with Gasteiger partial charge in [0.05, 0.1) is 0 Å². The van der Waals surface area contributed by atoms with Crippen molar-refractivity contribution in [2.24, 2.45) is 0 Å². The van der Waals surface area contributed by atoms with E-state index in [2.05, 4.69) is 20.3 Å². The number of para-hydroxylation sites is 1. The van der Waals surface area contributed by atoms with E-state index in [1.165, 1.54) is 12.1 Å². The number of rotatable bonds is 3. The highest BCUT2D eigenvalue weighted by Crippen LogP contribution is 2.20. The van der Waals surface area contributed by atoms with Crippen LogP contribution in [0.25, 0.3) is 21.7 Å². The van der Waals surface area contributed by atoms with Crippen LogP contribution in [0.2, 0.25) is 0 Å². The fourth-order valence-corrected chi connectivity index (χ4v) is 2.89. The van der Waals surface area contributed by atoms with Gasteiger partial charge in [-0.15, -0.1) is 0 Å². The lowest BCUT2D eigenvalue weighted by molar-refractivity contribution is 0.0948. The third kappa shape index (κ3) is 2.79. The average Bonchev–Trinajstić information content (AvgIpc) is 2.66. The summed E-state index contributed by atoms with van der Waals surface area (Å²) in [4.78, 5) is 24.7. The van der Waals surface area contributed by atoms with E-state index in [4.69, 9.17) is 5.73 Å². The summed E-state index contributed by atoms with van der Waals surface area (Å²) in [5.74, 6) is -1.16. The van der Waals surface area contributed by atoms with Crippen molar-refractivity contribution in [1.82, 2.24) is 20.3 Å². The Hall–Kier alpha value is -3.61. The summed E-state index contributed by atoms with van der Waals surface area (Å²) in [5, 5.41) is 5.10. The van der Waals surface area contributed by atoms with Crippen LogP contribution in [-0.2, 0) is 6.54 Å². The lowest BCUT2D eigenvalue weighted by Gasteiger charge is -2.10. The molecule has 2 heterocycles. The molecule has 0 bridgehead atoms. The lowest BCUT2D eigenvalue weighted by Crippen LogP contribution is -2.25. The van der Waals surface area contributed by atoms with Crippen LogP contribution in [-0.4, -0.2) is 20.9 Å². The van der Waals surface area contributed by atoms with Gasteiger partial charge < -0.3 is 11.1 Å². The van der Waals surface area contributed by atoms with Crippen LogP contribution in [0.5, 0.6) is 0 Å². The average molecular weight is 347 g/mol. The number of hydrogen-bond donors (Lipinski definition) is 2. The van der Waals surface area contributed by atoms with E-state index in [0.29, 0.717) is 5.39 Å². The molecule has 1 amide bonds. The topological polar surface area (TPSA) is 93.8 Å². The zero-order chi connectivity index (χ0) is 18.1. The minimum atomic E-state index is -0.552. The predicted molar refractivity (Wildman–Crippen MR) is 96.8 cm³/mol. The monoisotopic (exact) mass is 347 g/mol. The van der Waals surface area contributed by atoms with Gasteiger partial charge in [-0.1, -0.05) is 36.4 Å². The van der Waals surface area contributed by atoms with Crippen molar-refractivity contribution >= 4 is 33.5 Å². The van der Waals surface area contributed by atoms with Crippen molar-refractivity contribution in [3.05, 3.63) is 71.9 Å². The summed E-state index contributed by atoms with van der Waals surface area (Å²) in [7, 11) is 0. The van der Waals surface area contributed by atoms with Crippen molar-refractivity contribution in [1.29, 1.82) is 0 Å². The van der Waals surface area contributed by atoms with Crippen LogP contribution in [0.1, 0.15) is 16.1 Å². The molecule has 0 aliphatic rings.